The van der Waals surface area contributed by atoms with E-state index in [0.29, 0.717) is 5.75 Å². The lowest BCUT2D eigenvalue weighted by Crippen LogP contribution is -2.11. The third-order valence-corrected chi connectivity index (χ3v) is 4.58. The molecule has 3 aromatic carbocycles. The summed E-state index contributed by atoms with van der Waals surface area (Å²) in [6, 6.07) is 20.1. The summed E-state index contributed by atoms with van der Waals surface area (Å²) >= 11 is 0. The average molecular weight is 346 g/mol. The van der Waals surface area contributed by atoms with E-state index in [0.717, 1.165) is 28.0 Å². The Morgan fingerprint density at radius 1 is 0.846 bits per heavy atom. The van der Waals surface area contributed by atoms with E-state index >= 15 is 0 Å². The molecule has 3 aromatic rings. The van der Waals surface area contributed by atoms with Crippen LogP contribution in [0.25, 0.3) is 5.57 Å². The SMILES string of the molecule is COc1ccc(C2C(c3ccc(O)cc3)=COc3cc(O)ccc32)cc1. The fraction of sp³-hybridized carbons (Fsp3) is 0.0909. The van der Waals surface area contributed by atoms with Crippen molar-refractivity contribution in [3.8, 4) is 23.0 Å². The number of allylic oxidation sites excluding steroid dienone is 1. The summed E-state index contributed by atoms with van der Waals surface area (Å²) in [4.78, 5) is 0. The molecule has 1 aliphatic rings. The molecule has 4 rings (SSSR count). The molecule has 26 heavy (non-hydrogen) atoms. The van der Waals surface area contributed by atoms with Gasteiger partial charge in [-0.1, -0.05) is 30.3 Å². The van der Waals surface area contributed by atoms with Crippen molar-refractivity contribution >= 4 is 5.57 Å². The van der Waals surface area contributed by atoms with E-state index in [1.165, 1.54) is 0 Å². The van der Waals surface area contributed by atoms with Gasteiger partial charge in [-0.25, -0.2) is 0 Å². The van der Waals surface area contributed by atoms with Crippen LogP contribution in [0.15, 0.2) is 73.0 Å². The number of phenolic OH excluding ortho intramolecular Hbond substituents is 2. The number of hydrogen-bond donors (Lipinski definition) is 2. The molecule has 4 nitrogen and oxygen atoms in total. The molecule has 0 saturated heterocycles. The summed E-state index contributed by atoms with van der Waals surface area (Å²) in [5.41, 5.74) is 4.00. The fourth-order valence-electron chi connectivity index (χ4n) is 3.27. The highest BCUT2D eigenvalue weighted by atomic mass is 16.5. The summed E-state index contributed by atoms with van der Waals surface area (Å²) in [7, 11) is 1.64. The Morgan fingerprint density at radius 2 is 1.54 bits per heavy atom. The highest BCUT2D eigenvalue weighted by Crippen LogP contribution is 2.46. The van der Waals surface area contributed by atoms with E-state index in [1.54, 1.807) is 37.6 Å². The van der Waals surface area contributed by atoms with Crippen LogP contribution in [-0.2, 0) is 0 Å². The predicted octanol–water partition coefficient (Wildman–Crippen LogP) is 4.67. The van der Waals surface area contributed by atoms with Crippen molar-refractivity contribution in [2.45, 2.75) is 5.92 Å². The van der Waals surface area contributed by atoms with Gasteiger partial charge in [-0.05, 0) is 41.5 Å². The lowest BCUT2D eigenvalue weighted by atomic mass is 9.80. The number of rotatable bonds is 3. The topological polar surface area (TPSA) is 58.9 Å². The number of methoxy groups -OCH3 is 1. The van der Waals surface area contributed by atoms with Gasteiger partial charge in [0.15, 0.2) is 0 Å². The molecular formula is C22H18O4. The molecule has 1 atom stereocenters. The summed E-state index contributed by atoms with van der Waals surface area (Å²) in [5.74, 6) is 1.75. The molecular weight excluding hydrogens is 328 g/mol. The molecule has 0 spiro atoms. The zero-order valence-corrected chi connectivity index (χ0v) is 14.2. The van der Waals surface area contributed by atoms with Crippen molar-refractivity contribution in [2.24, 2.45) is 0 Å². The molecule has 1 aliphatic heterocycles. The second-order valence-corrected chi connectivity index (χ2v) is 6.17. The molecule has 0 fully saturated rings. The Balaban J connectivity index is 1.85. The predicted molar refractivity (Wildman–Crippen MR) is 99.7 cm³/mol. The highest BCUT2D eigenvalue weighted by molar-refractivity contribution is 5.78. The van der Waals surface area contributed by atoms with Gasteiger partial charge in [-0.2, -0.15) is 0 Å². The van der Waals surface area contributed by atoms with Crippen LogP contribution in [0, 0.1) is 0 Å². The van der Waals surface area contributed by atoms with Crippen LogP contribution in [0.1, 0.15) is 22.6 Å². The van der Waals surface area contributed by atoms with Gasteiger partial charge in [-0.15, -0.1) is 0 Å². The van der Waals surface area contributed by atoms with Crippen molar-refractivity contribution in [1.82, 2.24) is 0 Å². The molecule has 0 saturated carbocycles. The second kappa shape index (κ2) is 6.48. The first kappa shape index (κ1) is 16.1. The van der Waals surface area contributed by atoms with Crippen LogP contribution in [0.2, 0.25) is 0 Å². The lowest BCUT2D eigenvalue weighted by molar-refractivity contribution is 0.414. The van der Waals surface area contributed by atoms with Crippen LogP contribution in [0.3, 0.4) is 0 Å². The van der Waals surface area contributed by atoms with Gasteiger partial charge in [-0.3, -0.25) is 0 Å². The van der Waals surface area contributed by atoms with E-state index in [4.69, 9.17) is 9.47 Å². The van der Waals surface area contributed by atoms with Crippen LogP contribution in [0.5, 0.6) is 23.0 Å². The summed E-state index contributed by atoms with van der Waals surface area (Å²) in [5, 5.41) is 19.4. The van der Waals surface area contributed by atoms with Crippen molar-refractivity contribution in [3.05, 3.63) is 89.7 Å². The zero-order valence-electron chi connectivity index (χ0n) is 14.2. The molecule has 1 unspecified atom stereocenters. The minimum Gasteiger partial charge on any atom is -0.508 e. The van der Waals surface area contributed by atoms with E-state index in [9.17, 15) is 10.2 Å². The summed E-state index contributed by atoms with van der Waals surface area (Å²) in [6.07, 6.45) is 1.71. The summed E-state index contributed by atoms with van der Waals surface area (Å²) < 4.78 is 11.1. The molecule has 4 heteroatoms. The molecule has 0 aromatic heterocycles. The molecule has 1 heterocycles. The van der Waals surface area contributed by atoms with Crippen molar-refractivity contribution in [1.29, 1.82) is 0 Å². The maximum Gasteiger partial charge on any atom is 0.134 e. The maximum absolute atomic E-state index is 9.78. The zero-order chi connectivity index (χ0) is 18.1. The fourth-order valence-corrected chi connectivity index (χ4v) is 3.27. The lowest BCUT2D eigenvalue weighted by Gasteiger charge is -2.28. The van der Waals surface area contributed by atoms with Crippen LogP contribution < -0.4 is 9.47 Å². The van der Waals surface area contributed by atoms with Gasteiger partial charge >= 0.3 is 0 Å². The quantitative estimate of drug-likeness (QED) is 0.723. The third kappa shape index (κ3) is 2.86. The molecule has 130 valence electrons. The molecule has 2 N–H and O–H groups in total. The normalized spacial score (nSPS) is 15.6. The minimum absolute atomic E-state index is 0.0604. The highest BCUT2D eigenvalue weighted by Gasteiger charge is 2.28. The largest absolute Gasteiger partial charge is 0.508 e. The number of ether oxygens (including phenoxy) is 2. The first-order chi connectivity index (χ1) is 12.7. The minimum atomic E-state index is -0.0604. The van der Waals surface area contributed by atoms with Crippen LogP contribution >= 0.6 is 0 Å². The Bertz CT molecular complexity index is 956. The first-order valence-corrected chi connectivity index (χ1v) is 8.28. The van der Waals surface area contributed by atoms with E-state index in [1.807, 2.05) is 42.5 Å². The van der Waals surface area contributed by atoms with Gasteiger partial charge in [0.1, 0.15) is 23.0 Å². The van der Waals surface area contributed by atoms with Crippen molar-refractivity contribution < 1.29 is 19.7 Å². The molecule has 0 amide bonds. The smallest absolute Gasteiger partial charge is 0.134 e. The van der Waals surface area contributed by atoms with Crippen LogP contribution in [0.4, 0.5) is 0 Å². The second-order valence-electron chi connectivity index (χ2n) is 6.17. The van der Waals surface area contributed by atoms with E-state index in [-0.39, 0.29) is 17.4 Å². The molecule has 0 bridgehead atoms. The van der Waals surface area contributed by atoms with Crippen molar-refractivity contribution in [3.63, 3.8) is 0 Å². The molecule has 0 radical (unpaired) electrons. The van der Waals surface area contributed by atoms with Gasteiger partial charge in [0, 0.05) is 23.1 Å². The van der Waals surface area contributed by atoms with E-state index < -0.39 is 0 Å². The van der Waals surface area contributed by atoms with Gasteiger partial charge in [0.25, 0.3) is 0 Å². The van der Waals surface area contributed by atoms with Gasteiger partial charge in [0.05, 0.1) is 13.4 Å². The number of aromatic hydroxyl groups is 2. The third-order valence-electron chi connectivity index (χ3n) is 4.58. The monoisotopic (exact) mass is 346 g/mol. The summed E-state index contributed by atoms with van der Waals surface area (Å²) in [6.45, 7) is 0. The molecule has 0 aliphatic carbocycles. The Labute approximate surface area is 151 Å². The number of hydrogen-bond acceptors (Lipinski definition) is 4. The van der Waals surface area contributed by atoms with Crippen molar-refractivity contribution in [2.75, 3.05) is 7.11 Å². The van der Waals surface area contributed by atoms with Gasteiger partial charge < -0.3 is 19.7 Å². The van der Waals surface area contributed by atoms with E-state index in [2.05, 4.69) is 0 Å². The standard InChI is InChI=1S/C22H18O4/c1-25-18-9-4-15(5-10-18)22-19-11-8-17(24)12-21(19)26-13-20(22)14-2-6-16(23)7-3-14/h2-13,22-24H,1H3. The Morgan fingerprint density at radius 3 is 2.23 bits per heavy atom. The maximum atomic E-state index is 9.78. The Hall–Kier alpha value is -3.40. The number of phenols is 2. The van der Waals surface area contributed by atoms with Crippen LogP contribution in [-0.4, -0.2) is 17.3 Å². The number of benzene rings is 3. The van der Waals surface area contributed by atoms with Gasteiger partial charge in [0.2, 0.25) is 0 Å². The average Bonchev–Trinajstić information content (AvgIpc) is 2.68. The first-order valence-electron chi connectivity index (χ1n) is 8.28. The number of fused-ring (bicyclic) bond motifs is 1. The Kier molecular flexibility index (Phi) is 4.01.